The molecule has 1 aliphatic rings. The highest BCUT2D eigenvalue weighted by Crippen LogP contribution is 2.16. The van der Waals surface area contributed by atoms with Gasteiger partial charge in [0.1, 0.15) is 0 Å². The highest BCUT2D eigenvalue weighted by molar-refractivity contribution is 4.76. The van der Waals surface area contributed by atoms with Gasteiger partial charge in [0.25, 0.3) is 0 Å². The maximum atomic E-state index is 3.52. The number of rotatable bonds is 6. The van der Waals surface area contributed by atoms with Crippen molar-refractivity contribution in [2.75, 3.05) is 26.7 Å². The molecule has 0 aromatic carbocycles. The zero-order valence-electron chi connectivity index (χ0n) is 10.8. The Balaban J connectivity index is 2.10. The zero-order chi connectivity index (χ0) is 11.1. The molecule has 2 atom stereocenters. The molecule has 1 fully saturated rings. The number of piperidine rings is 1. The lowest BCUT2D eigenvalue weighted by atomic mass is 9.93. The summed E-state index contributed by atoms with van der Waals surface area (Å²) in [5, 5.41) is 3.52. The Hall–Kier alpha value is -0.0800. The second-order valence-electron chi connectivity index (χ2n) is 5.21. The third kappa shape index (κ3) is 5.53. The number of hydrogen-bond donors (Lipinski definition) is 1. The standard InChI is InChI=1S/C13H28N2/c1-4-5-6-9-15(3)11-13-7-8-14-12(2)10-13/h12-14H,4-11H2,1-3H3. The van der Waals surface area contributed by atoms with Crippen LogP contribution in [0.3, 0.4) is 0 Å². The van der Waals surface area contributed by atoms with Crippen LogP contribution in [0.1, 0.15) is 46.0 Å². The fourth-order valence-corrected chi connectivity index (χ4v) is 2.56. The number of unbranched alkanes of at least 4 members (excludes halogenated alkanes) is 2. The molecule has 0 aromatic rings. The summed E-state index contributed by atoms with van der Waals surface area (Å²) in [4.78, 5) is 2.53. The van der Waals surface area contributed by atoms with Gasteiger partial charge in [-0.2, -0.15) is 0 Å². The lowest BCUT2D eigenvalue weighted by Crippen LogP contribution is -2.39. The summed E-state index contributed by atoms with van der Waals surface area (Å²) in [6.45, 7) is 8.38. The molecule has 2 nitrogen and oxygen atoms in total. The minimum atomic E-state index is 0.729. The molecular formula is C13H28N2. The summed E-state index contributed by atoms with van der Waals surface area (Å²) in [5.41, 5.74) is 0. The zero-order valence-corrected chi connectivity index (χ0v) is 10.8. The second kappa shape index (κ2) is 7.24. The van der Waals surface area contributed by atoms with Gasteiger partial charge in [-0.15, -0.1) is 0 Å². The van der Waals surface area contributed by atoms with Gasteiger partial charge >= 0.3 is 0 Å². The van der Waals surface area contributed by atoms with E-state index in [0.717, 1.165) is 12.0 Å². The van der Waals surface area contributed by atoms with E-state index >= 15 is 0 Å². The van der Waals surface area contributed by atoms with E-state index in [1.54, 1.807) is 0 Å². The molecule has 0 radical (unpaired) electrons. The second-order valence-corrected chi connectivity index (χ2v) is 5.21. The molecule has 15 heavy (non-hydrogen) atoms. The summed E-state index contributed by atoms with van der Waals surface area (Å²) in [6, 6.07) is 0.729. The number of nitrogens with one attached hydrogen (secondary N) is 1. The van der Waals surface area contributed by atoms with Gasteiger partial charge in [-0.05, 0) is 52.2 Å². The van der Waals surface area contributed by atoms with Crippen molar-refractivity contribution in [1.82, 2.24) is 10.2 Å². The summed E-state index contributed by atoms with van der Waals surface area (Å²) in [6.07, 6.45) is 6.80. The molecule has 0 aliphatic carbocycles. The van der Waals surface area contributed by atoms with E-state index in [1.165, 1.54) is 51.7 Å². The molecule has 1 heterocycles. The molecule has 1 aliphatic heterocycles. The Bertz CT molecular complexity index is 159. The topological polar surface area (TPSA) is 15.3 Å². The van der Waals surface area contributed by atoms with Crippen LogP contribution in [0.2, 0.25) is 0 Å². The monoisotopic (exact) mass is 212 g/mol. The molecule has 0 saturated carbocycles. The molecule has 90 valence electrons. The molecule has 2 unspecified atom stereocenters. The van der Waals surface area contributed by atoms with Crippen LogP contribution in [0.4, 0.5) is 0 Å². The van der Waals surface area contributed by atoms with Crippen molar-refractivity contribution in [2.45, 2.75) is 52.0 Å². The highest BCUT2D eigenvalue weighted by Gasteiger charge is 2.19. The first-order valence-corrected chi connectivity index (χ1v) is 6.64. The third-order valence-electron chi connectivity index (χ3n) is 3.45. The summed E-state index contributed by atoms with van der Waals surface area (Å²) < 4.78 is 0. The van der Waals surface area contributed by atoms with Crippen LogP contribution in [-0.4, -0.2) is 37.6 Å². The molecule has 1 saturated heterocycles. The first-order valence-electron chi connectivity index (χ1n) is 6.64. The SMILES string of the molecule is CCCCCN(C)CC1CCNC(C)C1. The Morgan fingerprint density at radius 3 is 2.80 bits per heavy atom. The highest BCUT2D eigenvalue weighted by atomic mass is 15.1. The smallest absolute Gasteiger partial charge is 0.00418 e. The molecule has 1 N–H and O–H groups in total. The number of hydrogen-bond acceptors (Lipinski definition) is 2. The summed E-state index contributed by atoms with van der Waals surface area (Å²) in [7, 11) is 2.28. The van der Waals surface area contributed by atoms with Gasteiger partial charge in [0.15, 0.2) is 0 Å². The van der Waals surface area contributed by atoms with E-state index in [9.17, 15) is 0 Å². The molecule has 0 spiro atoms. The van der Waals surface area contributed by atoms with Gasteiger partial charge in [0.2, 0.25) is 0 Å². The van der Waals surface area contributed by atoms with Crippen LogP contribution in [0.15, 0.2) is 0 Å². The van der Waals surface area contributed by atoms with Crippen LogP contribution in [0.25, 0.3) is 0 Å². The molecule has 0 bridgehead atoms. The van der Waals surface area contributed by atoms with Crippen molar-refractivity contribution < 1.29 is 0 Å². The van der Waals surface area contributed by atoms with Crippen molar-refractivity contribution in [1.29, 1.82) is 0 Å². The first kappa shape index (κ1) is 13.0. The molecular weight excluding hydrogens is 184 g/mol. The van der Waals surface area contributed by atoms with Gasteiger partial charge in [-0.25, -0.2) is 0 Å². The largest absolute Gasteiger partial charge is 0.314 e. The lowest BCUT2D eigenvalue weighted by Gasteiger charge is -2.31. The molecule has 1 rings (SSSR count). The average Bonchev–Trinajstić information content (AvgIpc) is 2.18. The van der Waals surface area contributed by atoms with Crippen molar-refractivity contribution in [2.24, 2.45) is 5.92 Å². The maximum Gasteiger partial charge on any atom is 0.00418 e. The van der Waals surface area contributed by atoms with Crippen LogP contribution < -0.4 is 5.32 Å². The van der Waals surface area contributed by atoms with Gasteiger partial charge in [0, 0.05) is 12.6 Å². The van der Waals surface area contributed by atoms with Crippen molar-refractivity contribution >= 4 is 0 Å². The Kier molecular flexibility index (Phi) is 6.26. The predicted octanol–water partition coefficient (Wildman–Crippen LogP) is 2.50. The van der Waals surface area contributed by atoms with E-state index in [-0.39, 0.29) is 0 Å². The van der Waals surface area contributed by atoms with Crippen LogP contribution in [0, 0.1) is 5.92 Å². The quantitative estimate of drug-likeness (QED) is 0.681. The van der Waals surface area contributed by atoms with Gasteiger partial charge in [0.05, 0.1) is 0 Å². The Morgan fingerprint density at radius 2 is 2.13 bits per heavy atom. The fraction of sp³-hybridized carbons (Fsp3) is 1.00. The minimum Gasteiger partial charge on any atom is -0.314 e. The molecule has 0 amide bonds. The predicted molar refractivity (Wildman–Crippen MR) is 67.2 cm³/mol. The van der Waals surface area contributed by atoms with Crippen LogP contribution >= 0.6 is 0 Å². The van der Waals surface area contributed by atoms with Gasteiger partial charge in [-0.1, -0.05) is 19.8 Å². The van der Waals surface area contributed by atoms with Crippen molar-refractivity contribution in [3.63, 3.8) is 0 Å². The van der Waals surface area contributed by atoms with Crippen molar-refractivity contribution in [3.05, 3.63) is 0 Å². The van der Waals surface area contributed by atoms with E-state index in [4.69, 9.17) is 0 Å². The lowest BCUT2D eigenvalue weighted by molar-refractivity contribution is 0.217. The summed E-state index contributed by atoms with van der Waals surface area (Å²) in [5.74, 6) is 0.924. The molecule has 2 heteroatoms. The number of nitrogens with zero attached hydrogens (tertiary/aromatic N) is 1. The fourth-order valence-electron chi connectivity index (χ4n) is 2.56. The van der Waals surface area contributed by atoms with Gasteiger partial charge < -0.3 is 10.2 Å². The van der Waals surface area contributed by atoms with Crippen LogP contribution in [0.5, 0.6) is 0 Å². The van der Waals surface area contributed by atoms with E-state index in [1.807, 2.05) is 0 Å². The van der Waals surface area contributed by atoms with Crippen LogP contribution in [-0.2, 0) is 0 Å². The first-order chi connectivity index (χ1) is 7.22. The third-order valence-corrected chi connectivity index (χ3v) is 3.45. The summed E-state index contributed by atoms with van der Waals surface area (Å²) >= 11 is 0. The average molecular weight is 212 g/mol. The minimum absolute atomic E-state index is 0.729. The van der Waals surface area contributed by atoms with E-state index < -0.39 is 0 Å². The van der Waals surface area contributed by atoms with E-state index in [2.05, 4.69) is 31.1 Å². The maximum absolute atomic E-state index is 3.52. The van der Waals surface area contributed by atoms with E-state index in [0.29, 0.717) is 0 Å². The van der Waals surface area contributed by atoms with Gasteiger partial charge in [-0.3, -0.25) is 0 Å². The normalized spacial score (nSPS) is 27.2. The molecule has 0 aromatic heterocycles. The Morgan fingerprint density at radius 1 is 1.33 bits per heavy atom. The Labute approximate surface area is 95.4 Å². The van der Waals surface area contributed by atoms with Crippen molar-refractivity contribution in [3.8, 4) is 0 Å².